The molecule has 0 unspecified atom stereocenters. The molecule has 0 aromatic heterocycles. The summed E-state index contributed by atoms with van der Waals surface area (Å²) in [6.07, 6.45) is 1.28. The van der Waals surface area contributed by atoms with Gasteiger partial charge in [0.05, 0.1) is 4.90 Å². The van der Waals surface area contributed by atoms with Crippen LogP contribution in [0.15, 0.2) is 64.4 Å². The summed E-state index contributed by atoms with van der Waals surface area (Å²) in [5, 5.41) is 9.53. The molecule has 0 saturated carbocycles. The van der Waals surface area contributed by atoms with E-state index in [2.05, 4.69) is 0 Å². The number of nitriles is 1. The minimum atomic E-state index is -3.82. The third-order valence-corrected chi connectivity index (χ3v) is 4.67. The molecular weight excluding hydrogens is 294 g/mol. The number of nitrogens with zero attached hydrogens (tertiary/aromatic N) is 1. The van der Waals surface area contributed by atoms with Crippen LogP contribution in [0.3, 0.4) is 0 Å². The Kier molecular flexibility index (Phi) is 4.23. The first-order chi connectivity index (χ1) is 9.55. The molecule has 0 saturated heterocycles. The van der Waals surface area contributed by atoms with Crippen molar-refractivity contribution < 1.29 is 8.42 Å². The number of hydrogen-bond acceptors (Lipinski definition) is 3. The second-order valence-corrected chi connectivity index (χ2v) is 6.28. The second-order valence-electron chi connectivity index (χ2n) is 3.96. The third kappa shape index (κ3) is 2.90. The molecule has 0 fully saturated rings. The van der Waals surface area contributed by atoms with Crippen molar-refractivity contribution in [2.45, 2.75) is 4.90 Å². The van der Waals surface area contributed by atoms with Crippen molar-refractivity contribution in [1.29, 1.82) is 5.26 Å². The van der Waals surface area contributed by atoms with E-state index in [1.807, 2.05) is 0 Å². The Morgan fingerprint density at radius 3 is 2.25 bits per heavy atom. The van der Waals surface area contributed by atoms with Gasteiger partial charge in [0.2, 0.25) is 9.84 Å². The Bertz CT molecular complexity index is 790. The predicted molar refractivity (Wildman–Crippen MR) is 78.7 cm³/mol. The molecule has 2 rings (SSSR count). The summed E-state index contributed by atoms with van der Waals surface area (Å²) in [6, 6.07) is 16.3. The summed E-state index contributed by atoms with van der Waals surface area (Å²) in [6.45, 7) is 0. The van der Waals surface area contributed by atoms with Crippen molar-refractivity contribution in [2.24, 2.45) is 0 Å². The van der Waals surface area contributed by atoms with Gasteiger partial charge in [-0.25, -0.2) is 8.42 Å². The van der Waals surface area contributed by atoms with Gasteiger partial charge in [-0.15, -0.1) is 0 Å². The minimum Gasteiger partial charge on any atom is -0.218 e. The third-order valence-electron chi connectivity index (χ3n) is 2.65. The summed E-state index contributed by atoms with van der Waals surface area (Å²) in [5.74, 6) is 0. The van der Waals surface area contributed by atoms with Gasteiger partial charge in [-0.2, -0.15) is 5.26 Å². The van der Waals surface area contributed by atoms with Crippen molar-refractivity contribution in [3.63, 3.8) is 0 Å². The zero-order valence-corrected chi connectivity index (χ0v) is 11.9. The Labute approximate surface area is 122 Å². The maximum absolute atomic E-state index is 12.3. The highest BCUT2D eigenvalue weighted by atomic mass is 35.5. The van der Waals surface area contributed by atoms with Crippen LogP contribution in [0, 0.1) is 11.3 Å². The fourth-order valence-electron chi connectivity index (χ4n) is 1.63. The quantitative estimate of drug-likeness (QED) is 0.813. The lowest BCUT2D eigenvalue weighted by atomic mass is 10.2. The number of hydrogen-bond donors (Lipinski definition) is 0. The molecule has 0 heterocycles. The fraction of sp³-hybridized carbons (Fsp3) is 0. The summed E-state index contributed by atoms with van der Waals surface area (Å²) in [7, 11) is -3.82. The summed E-state index contributed by atoms with van der Waals surface area (Å²) < 4.78 is 24.7. The SMILES string of the molecule is N#CC(=Cc1ccccc1Cl)S(=O)(=O)c1ccccc1. The van der Waals surface area contributed by atoms with Gasteiger partial charge in [0, 0.05) is 5.02 Å². The number of sulfone groups is 1. The van der Waals surface area contributed by atoms with Crippen LogP contribution in [-0.2, 0) is 9.84 Å². The molecular formula is C15H10ClNO2S. The average molecular weight is 304 g/mol. The highest BCUT2D eigenvalue weighted by Gasteiger charge is 2.20. The molecule has 2 aromatic carbocycles. The number of benzene rings is 2. The Morgan fingerprint density at radius 1 is 1.05 bits per heavy atom. The molecule has 0 N–H and O–H groups in total. The molecule has 0 aliphatic carbocycles. The lowest BCUT2D eigenvalue weighted by molar-refractivity contribution is 0.603. The van der Waals surface area contributed by atoms with E-state index in [1.54, 1.807) is 48.5 Å². The molecule has 20 heavy (non-hydrogen) atoms. The molecule has 5 heteroatoms. The highest BCUT2D eigenvalue weighted by Crippen LogP contribution is 2.24. The second kappa shape index (κ2) is 5.91. The number of halogens is 1. The topological polar surface area (TPSA) is 57.9 Å². The van der Waals surface area contributed by atoms with Gasteiger partial charge in [0.15, 0.2) is 0 Å². The van der Waals surface area contributed by atoms with Crippen LogP contribution in [0.5, 0.6) is 0 Å². The van der Waals surface area contributed by atoms with Crippen LogP contribution in [0.25, 0.3) is 6.08 Å². The maximum atomic E-state index is 12.3. The minimum absolute atomic E-state index is 0.0832. The molecule has 0 radical (unpaired) electrons. The van der Waals surface area contributed by atoms with Gasteiger partial charge in [-0.05, 0) is 29.8 Å². The molecule has 0 bridgehead atoms. The van der Waals surface area contributed by atoms with Crippen LogP contribution >= 0.6 is 11.6 Å². The summed E-state index contributed by atoms with van der Waals surface area (Å²) in [5.41, 5.74) is 0.491. The highest BCUT2D eigenvalue weighted by molar-refractivity contribution is 7.95. The van der Waals surface area contributed by atoms with Gasteiger partial charge < -0.3 is 0 Å². The van der Waals surface area contributed by atoms with E-state index in [9.17, 15) is 8.42 Å². The average Bonchev–Trinajstić information content (AvgIpc) is 2.47. The smallest absolute Gasteiger partial charge is 0.216 e. The molecule has 2 aromatic rings. The summed E-state index contributed by atoms with van der Waals surface area (Å²) in [4.78, 5) is -0.253. The van der Waals surface area contributed by atoms with Gasteiger partial charge in [-0.1, -0.05) is 48.0 Å². The lowest BCUT2D eigenvalue weighted by Gasteiger charge is -2.03. The van der Waals surface area contributed by atoms with Crippen molar-refractivity contribution in [1.82, 2.24) is 0 Å². The zero-order valence-electron chi connectivity index (χ0n) is 10.3. The van der Waals surface area contributed by atoms with Crippen molar-refractivity contribution in [2.75, 3.05) is 0 Å². The first-order valence-corrected chi connectivity index (χ1v) is 7.58. The van der Waals surface area contributed by atoms with Crippen LogP contribution in [-0.4, -0.2) is 8.42 Å². The molecule has 0 amide bonds. The standard InChI is InChI=1S/C15H10ClNO2S/c16-15-9-5-4-6-12(15)10-14(11-17)20(18,19)13-7-2-1-3-8-13/h1-10H. The molecule has 0 atom stereocenters. The van der Waals surface area contributed by atoms with Gasteiger partial charge in [0.25, 0.3) is 0 Å². The Morgan fingerprint density at radius 2 is 1.65 bits per heavy atom. The van der Waals surface area contributed by atoms with Crippen LogP contribution in [0.2, 0.25) is 5.02 Å². The van der Waals surface area contributed by atoms with Crippen molar-refractivity contribution >= 4 is 27.5 Å². The Balaban J connectivity index is 2.55. The lowest BCUT2D eigenvalue weighted by Crippen LogP contribution is -2.03. The fourth-order valence-corrected chi connectivity index (χ4v) is 2.99. The predicted octanol–water partition coefficient (Wildman–Crippen LogP) is 3.68. The van der Waals surface area contributed by atoms with Crippen molar-refractivity contribution in [3.05, 3.63) is 70.1 Å². The van der Waals surface area contributed by atoms with E-state index in [0.29, 0.717) is 10.6 Å². The first-order valence-electron chi connectivity index (χ1n) is 5.72. The molecule has 0 aliphatic rings. The van der Waals surface area contributed by atoms with Crippen LogP contribution in [0.4, 0.5) is 0 Å². The van der Waals surface area contributed by atoms with Gasteiger partial charge in [-0.3, -0.25) is 0 Å². The maximum Gasteiger partial charge on any atom is 0.216 e. The summed E-state index contributed by atoms with van der Waals surface area (Å²) >= 11 is 5.97. The normalized spacial score (nSPS) is 11.9. The van der Waals surface area contributed by atoms with Crippen LogP contribution in [0.1, 0.15) is 5.56 Å². The van der Waals surface area contributed by atoms with Crippen LogP contribution < -0.4 is 0 Å². The zero-order chi connectivity index (χ0) is 14.6. The molecule has 3 nitrogen and oxygen atoms in total. The van der Waals surface area contributed by atoms with Crippen molar-refractivity contribution in [3.8, 4) is 6.07 Å². The van der Waals surface area contributed by atoms with E-state index in [-0.39, 0.29) is 9.80 Å². The van der Waals surface area contributed by atoms with E-state index in [4.69, 9.17) is 16.9 Å². The van der Waals surface area contributed by atoms with E-state index < -0.39 is 9.84 Å². The molecule has 100 valence electrons. The van der Waals surface area contributed by atoms with Gasteiger partial charge >= 0.3 is 0 Å². The molecule has 0 spiro atoms. The van der Waals surface area contributed by atoms with E-state index >= 15 is 0 Å². The Hall–Kier alpha value is -2.09. The van der Waals surface area contributed by atoms with E-state index in [0.717, 1.165) is 0 Å². The number of rotatable bonds is 3. The number of allylic oxidation sites excluding steroid dienone is 1. The first kappa shape index (κ1) is 14.3. The van der Waals surface area contributed by atoms with Gasteiger partial charge in [0.1, 0.15) is 11.0 Å². The monoisotopic (exact) mass is 303 g/mol. The van der Waals surface area contributed by atoms with E-state index in [1.165, 1.54) is 18.2 Å². The molecule has 0 aliphatic heterocycles. The largest absolute Gasteiger partial charge is 0.218 e.